The van der Waals surface area contributed by atoms with Gasteiger partial charge in [-0.1, -0.05) is 22.0 Å². The van der Waals surface area contributed by atoms with Crippen molar-refractivity contribution in [2.75, 3.05) is 23.8 Å². The van der Waals surface area contributed by atoms with Gasteiger partial charge in [-0.15, -0.1) is 0 Å². The van der Waals surface area contributed by atoms with Crippen LogP contribution >= 0.6 is 15.9 Å². The highest BCUT2D eigenvalue weighted by Gasteiger charge is 2.21. The summed E-state index contributed by atoms with van der Waals surface area (Å²) < 4.78 is 34.2. The number of nitrogens with one attached hydrogen (secondary N) is 2. The third-order valence-corrected chi connectivity index (χ3v) is 4.77. The van der Waals surface area contributed by atoms with Crippen molar-refractivity contribution < 1.29 is 28.2 Å². The first-order valence-electron chi connectivity index (χ1n) is 8.49. The number of ether oxygens (including phenoxy) is 1. The van der Waals surface area contributed by atoms with Crippen LogP contribution in [0.4, 0.5) is 20.2 Å². The van der Waals surface area contributed by atoms with Crippen LogP contribution in [0.15, 0.2) is 34.8 Å². The molecule has 0 radical (unpaired) electrons. The molecule has 148 valence electrons. The van der Waals surface area contributed by atoms with E-state index < -0.39 is 23.5 Å². The van der Waals surface area contributed by atoms with Gasteiger partial charge in [-0.25, -0.2) is 13.6 Å². The lowest BCUT2D eigenvalue weighted by Gasteiger charge is -2.27. The average molecular weight is 455 g/mol. The third-order valence-electron chi connectivity index (χ3n) is 4.28. The van der Waals surface area contributed by atoms with Crippen molar-refractivity contribution in [1.29, 1.82) is 0 Å². The van der Waals surface area contributed by atoms with Crippen LogP contribution in [0.5, 0.6) is 0 Å². The standard InChI is InChI=1S/C19H17BrF2N2O4/c20-12-2-1-10(14(21)8-12)7-17(25)24-18-15(22)5-11(19(26)27)6-16(18)23-9-13-3-4-28-13/h1-2,5-6,8,13,23H,3-4,7,9H2,(H,24,25)(H,26,27). The zero-order valence-electron chi connectivity index (χ0n) is 14.6. The molecule has 1 aliphatic rings. The maximum atomic E-state index is 14.5. The van der Waals surface area contributed by atoms with Crippen LogP contribution in [0.25, 0.3) is 0 Å². The molecule has 1 saturated heterocycles. The number of aromatic carboxylic acids is 1. The first-order valence-corrected chi connectivity index (χ1v) is 9.29. The van der Waals surface area contributed by atoms with Gasteiger partial charge in [0.15, 0.2) is 0 Å². The average Bonchev–Trinajstić information content (AvgIpc) is 2.58. The Hall–Kier alpha value is -2.52. The second-order valence-electron chi connectivity index (χ2n) is 6.31. The Morgan fingerprint density at radius 3 is 2.57 bits per heavy atom. The fraction of sp³-hybridized carbons (Fsp3) is 0.263. The Labute approximate surface area is 168 Å². The number of carbonyl (C=O) groups excluding carboxylic acids is 1. The molecular weight excluding hydrogens is 438 g/mol. The second kappa shape index (κ2) is 8.66. The predicted octanol–water partition coefficient (Wildman–Crippen LogP) is 3.81. The van der Waals surface area contributed by atoms with Gasteiger partial charge in [0.05, 0.1) is 23.8 Å². The quantitative estimate of drug-likeness (QED) is 0.591. The Morgan fingerprint density at radius 1 is 1.21 bits per heavy atom. The highest BCUT2D eigenvalue weighted by molar-refractivity contribution is 9.10. The minimum absolute atomic E-state index is 0.0584. The van der Waals surface area contributed by atoms with E-state index in [1.165, 1.54) is 18.2 Å². The van der Waals surface area contributed by atoms with Crippen molar-refractivity contribution >= 4 is 39.2 Å². The highest BCUT2D eigenvalue weighted by atomic mass is 79.9. The summed E-state index contributed by atoms with van der Waals surface area (Å²) >= 11 is 3.14. The van der Waals surface area contributed by atoms with E-state index in [4.69, 9.17) is 9.84 Å². The maximum Gasteiger partial charge on any atom is 0.335 e. The molecule has 1 amide bonds. The van der Waals surface area contributed by atoms with Gasteiger partial charge < -0.3 is 20.5 Å². The molecule has 0 aromatic heterocycles. The Bertz CT molecular complexity index is 919. The molecule has 1 aliphatic heterocycles. The summed E-state index contributed by atoms with van der Waals surface area (Å²) in [4.78, 5) is 23.5. The Balaban J connectivity index is 1.80. The SMILES string of the molecule is O=C(Cc1ccc(Br)cc1F)Nc1c(F)cc(C(=O)O)cc1NCC1CCO1. The summed E-state index contributed by atoms with van der Waals surface area (Å²) in [6, 6.07) is 6.34. The van der Waals surface area contributed by atoms with Gasteiger partial charge in [0.25, 0.3) is 0 Å². The molecule has 1 atom stereocenters. The highest BCUT2D eigenvalue weighted by Crippen LogP contribution is 2.28. The molecule has 1 fully saturated rings. The molecule has 0 bridgehead atoms. The van der Waals surface area contributed by atoms with Gasteiger partial charge in [0.2, 0.25) is 5.91 Å². The number of carbonyl (C=O) groups is 2. The minimum atomic E-state index is -1.29. The maximum absolute atomic E-state index is 14.5. The molecule has 3 N–H and O–H groups in total. The van der Waals surface area contributed by atoms with Crippen molar-refractivity contribution in [2.45, 2.75) is 18.9 Å². The molecule has 2 aromatic rings. The van der Waals surface area contributed by atoms with Crippen molar-refractivity contribution in [1.82, 2.24) is 0 Å². The summed E-state index contributed by atoms with van der Waals surface area (Å²) in [7, 11) is 0. The van der Waals surface area contributed by atoms with Crippen LogP contribution in [-0.2, 0) is 16.0 Å². The van der Waals surface area contributed by atoms with E-state index in [1.807, 2.05) is 0 Å². The third kappa shape index (κ3) is 4.85. The molecule has 2 aromatic carbocycles. The van der Waals surface area contributed by atoms with E-state index in [2.05, 4.69) is 26.6 Å². The van der Waals surface area contributed by atoms with Crippen LogP contribution < -0.4 is 10.6 Å². The van der Waals surface area contributed by atoms with Gasteiger partial charge in [0, 0.05) is 17.6 Å². The molecule has 0 aliphatic carbocycles. The minimum Gasteiger partial charge on any atom is -0.478 e. The summed E-state index contributed by atoms with van der Waals surface area (Å²) in [6.45, 7) is 0.977. The van der Waals surface area contributed by atoms with E-state index in [-0.39, 0.29) is 35.0 Å². The molecule has 1 heterocycles. The summed E-state index contributed by atoms with van der Waals surface area (Å²) in [5.74, 6) is -3.39. The first-order chi connectivity index (χ1) is 13.3. The van der Waals surface area contributed by atoms with Gasteiger partial charge in [0.1, 0.15) is 17.3 Å². The molecule has 6 nitrogen and oxygen atoms in total. The predicted molar refractivity (Wildman–Crippen MR) is 103 cm³/mol. The van der Waals surface area contributed by atoms with E-state index in [1.54, 1.807) is 6.07 Å². The first kappa shape index (κ1) is 20.2. The van der Waals surface area contributed by atoms with Crippen LogP contribution in [0.1, 0.15) is 22.3 Å². The zero-order valence-corrected chi connectivity index (χ0v) is 16.2. The van der Waals surface area contributed by atoms with E-state index in [0.717, 1.165) is 12.5 Å². The zero-order chi connectivity index (χ0) is 20.3. The van der Waals surface area contributed by atoms with Crippen molar-refractivity contribution in [3.05, 3.63) is 57.6 Å². The number of amides is 1. The molecular formula is C19H17BrF2N2O4. The summed E-state index contributed by atoms with van der Waals surface area (Å²) in [5.41, 5.74) is -0.170. The molecule has 0 spiro atoms. The number of carboxylic acids is 1. The number of anilines is 2. The van der Waals surface area contributed by atoms with Gasteiger partial charge in [-0.2, -0.15) is 0 Å². The fourth-order valence-corrected chi connectivity index (χ4v) is 3.02. The number of benzene rings is 2. The molecule has 28 heavy (non-hydrogen) atoms. The van der Waals surface area contributed by atoms with Gasteiger partial charge in [-0.05, 0) is 36.2 Å². The van der Waals surface area contributed by atoms with Crippen molar-refractivity contribution in [3.63, 3.8) is 0 Å². The number of hydrogen-bond donors (Lipinski definition) is 3. The van der Waals surface area contributed by atoms with E-state index in [0.29, 0.717) is 17.6 Å². The number of halogens is 3. The molecule has 9 heteroatoms. The van der Waals surface area contributed by atoms with Crippen LogP contribution in [0.3, 0.4) is 0 Å². The van der Waals surface area contributed by atoms with Crippen molar-refractivity contribution in [3.8, 4) is 0 Å². The fourth-order valence-electron chi connectivity index (χ4n) is 2.69. The van der Waals surface area contributed by atoms with Crippen molar-refractivity contribution in [2.24, 2.45) is 0 Å². The lowest BCUT2D eigenvalue weighted by atomic mass is 10.1. The normalized spacial score (nSPS) is 15.6. The van der Waals surface area contributed by atoms with Gasteiger partial charge >= 0.3 is 5.97 Å². The summed E-state index contributed by atoms with van der Waals surface area (Å²) in [5, 5.41) is 14.5. The van der Waals surface area contributed by atoms with Crippen LogP contribution in [0, 0.1) is 11.6 Å². The van der Waals surface area contributed by atoms with Crippen LogP contribution in [-0.4, -0.2) is 36.2 Å². The molecule has 0 saturated carbocycles. The van der Waals surface area contributed by atoms with Crippen LogP contribution in [0.2, 0.25) is 0 Å². The second-order valence-corrected chi connectivity index (χ2v) is 7.22. The largest absolute Gasteiger partial charge is 0.478 e. The topological polar surface area (TPSA) is 87.7 Å². The smallest absolute Gasteiger partial charge is 0.335 e. The van der Waals surface area contributed by atoms with E-state index in [9.17, 15) is 18.4 Å². The lowest BCUT2D eigenvalue weighted by Crippen LogP contribution is -2.33. The number of hydrogen-bond acceptors (Lipinski definition) is 4. The molecule has 1 unspecified atom stereocenters. The Morgan fingerprint density at radius 2 is 1.96 bits per heavy atom. The summed E-state index contributed by atoms with van der Waals surface area (Å²) in [6.07, 6.45) is 0.472. The van der Waals surface area contributed by atoms with Gasteiger partial charge in [-0.3, -0.25) is 4.79 Å². The lowest BCUT2D eigenvalue weighted by molar-refractivity contribution is -0.115. The number of carboxylic acid groups (broad SMARTS) is 1. The van der Waals surface area contributed by atoms with E-state index >= 15 is 0 Å². The monoisotopic (exact) mass is 454 g/mol. The molecule has 3 rings (SSSR count). The number of rotatable bonds is 7. The Kier molecular flexibility index (Phi) is 6.25.